The monoisotopic (exact) mass is 224 g/mol. The molecule has 0 aromatic rings. The summed E-state index contributed by atoms with van der Waals surface area (Å²) in [5, 5.41) is 12.5. The van der Waals surface area contributed by atoms with Crippen LogP contribution in [0.4, 0.5) is 0 Å². The second kappa shape index (κ2) is 4.42. The number of carbonyl (C=O) groups is 1. The van der Waals surface area contributed by atoms with Crippen LogP contribution in [0.3, 0.4) is 0 Å². The molecule has 82 valence electrons. The molecule has 0 fully saturated rings. The molecule has 1 unspecified atom stereocenters. The van der Waals surface area contributed by atoms with Crippen LogP contribution in [0.2, 0.25) is 0 Å². The van der Waals surface area contributed by atoms with E-state index >= 15 is 0 Å². The maximum atomic E-state index is 11.6. The van der Waals surface area contributed by atoms with Crippen LogP contribution in [-0.2, 0) is 4.79 Å². The van der Waals surface area contributed by atoms with E-state index < -0.39 is 6.10 Å². The van der Waals surface area contributed by atoms with Crippen molar-refractivity contribution >= 4 is 17.5 Å². The van der Waals surface area contributed by atoms with Gasteiger partial charge in [-0.25, -0.2) is 0 Å². The molecule has 1 aliphatic carbocycles. The summed E-state index contributed by atoms with van der Waals surface area (Å²) in [6.07, 6.45) is 1.50. The Morgan fingerprint density at radius 2 is 2.13 bits per heavy atom. The van der Waals surface area contributed by atoms with Gasteiger partial charge in [0.25, 0.3) is 0 Å². The van der Waals surface area contributed by atoms with Gasteiger partial charge >= 0.3 is 0 Å². The molecule has 1 rings (SSSR count). The number of carbonyl (C=O) groups excluding carboxylic acids is 1. The summed E-state index contributed by atoms with van der Waals surface area (Å²) in [7, 11) is 0. The summed E-state index contributed by atoms with van der Waals surface area (Å²) in [5.74, 6) is 2.84. The van der Waals surface area contributed by atoms with Crippen LogP contribution in [0.25, 0.3) is 0 Å². The summed E-state index contributed by atoms with van der Waals surface area (Å²) < 4.78 is 0. The Labute approximate surface area is 95.1 Å². The number of thioether (sulfide) groups is 1. The molecule has 0 aromatic heterocycles. The highest BCUT2D eigenvalue weighted by atomic mass is 32.2. The maximum absolute atomic E-state index is 11.6. The van der Waals surface area contributed by atoms with Crippen molar-refractivity contribution in [3.63, 3.8) is 0 Å². The number of aliphatic hydroxyl groups is 1. The molecular formula is C12H16O2S. The second-order valence-electron chi connectivity index (χ2n) is 4.40. The Bertz CT molecular complexity index is 369. The molecule has 1 atom stereocenters. The third-order valence-corrected chi connectivity index (χ3v) is 3.01. The fourth-order valence-corrected chi connectivity index (χ4v) is 2.13. The number of ketones is 1. The first-order chi connectivity index (χ1) is 6.90. The van der Waals surface area contributed by atoms with Gasteiger partial charge in [0.15, 0.2) is 5.78 Å². The first kappa shape index (κ1) is 12.4. The van der Waals surface area contributed by atoms with Gasteiger partial charge in [0.1, 0.15) is 6.10 Å². The van der Waals surface area contributed by atoms with Crippen molar-refractivity contribution in [3.05, 3.63) is 11.1 Å². The molecule has 1 aliphatic rings. The van der Waals surface area contributed by atoms with Gasteiger partial charge in [0, 0.05) is 16.6 Å². The molecule has 0 spiro atoms. The van der Waals surface area contributed by atoms with E-state index in [0.29, 0.717) is 12.0 Å². The Morgan fingerprint density at radius 1 is 1.53 bits per heavy atom. The fraction of sp³-hybridized carbons (Fsp3) is 0.583. The third-order valence-electron chi connectivity index (χ3n) is 2.71. The number of rotatable bonds is 0. The number of hydrogen-bond acceptors (Lipinski definition) is 3. The summed E-state index contributed by atoms with van der Waals surface area (Å²) in [6, 6.07) is 0. The first-order valence-corrected chi connectivity index (χ1v) is 6.10. The van der Waals surface area contributed by atoms with Crippen LogP contribution in [-0.4, -0.2) is 23.2 Å². The minimum atomic E-state index is -0.861. The van der Waals surface area contributed by atoms with Crippen molar-refractivity contribution in [3.8, 4) is 11.2 Å². The van der Waals surface area contributed by atoms with Crippen LogP contribution < -0.4 is 0 Å². The molecule has 0 amide bonds. The minimum Gasteiger partial charge on any atom is -0.385 e. The molecular weight excluding hydrogens is 208 g/mol. The molecule has 2 nitrogen and oxygen atoms in total. The van der Waals surface area contributed by atoms with Gasteiger partial charge in [0.2, 0.25) is 0 Å². The van der Waals surface area contributed by atoms with E-state index in [2.05, 4.69) is 11.2 Å². The van der Waals surface area contributed by atoms with E-state index in [1.165, 1.54) is 11.8 Å². The SMILES string of the molecule is CSC#CC1=C(C)C(=O)C(O)CC1(C)C. The number of hydrogen-bond donors (Lipinski definition) is 1. The summed E-state index contributed by atoms with van der Waals surface area (Å²) in [5.41, 5.74) is 1.27. The molecule has 15 heavy (non-hydrogen) atoms. The van der Waals surface area contributed by atoms with Crippen LogP contribution in [0.15, 0.2) is 11.1 Å². The van der Waals surface area contributed by atoms with Gasteiger partial charge in [-0.2, -0.15) is 0 Å². The highest BCUT2D eigenvalue weighted by molar-refractivity contribution is 8.03. The zero-order valence-electron chi connectivity index (χ0n) is 9.55. The Morgan fingerprint density at radius 3 is 2.67 bits per heavy atom. The molecule has 0 radical (unpaired) electrons. The number of allylic oxidation sites excluding steroid dienone is 1. The van der Waals surface area contributed by atoms with E-state index in [-0.39, 0.29) is 11.2 Å². The van der Waals surface area contributed by atoms with Gasteiger partial charge in [-0.15, -0.1) is 0 Å². The van der Waals surface area contributed by atoms with Crippen LogP contribution in [0.1, 0.15) is 27.2 Å². The highest BCUT2D eigenvalue weighted by Gasteiger charge is 2.37. The van der Waals surface area contributed by atoms with Gasteiger partial charge in [0.05, 0.1) is 0 Å². The average Bonchev–Trinajstić information content (AvgIpc) is 2.14. The quantitative estimate of drug-likeness (QED) is 0.639. The topological polar surface area (TPSA) is 37.3 Å². The van der Waals surface area contributed by atoms with E-state index in [4.69, 9.17) is 0 Å². The lowest BCUT2D eigenvalue weighted by Crippen LogP contribution is -2.35. The summed E-state index contributed by atoms with van der Waals surface area (Å²) in [4.78, 5) is 11.6. The number of aliphatic hydroxyl groups excluding tert-OH is 1. The third kappa shape index (κ3) is 2.45. The van der Waals surface area contributed by atoms with Gasteiger partial charge in [-0.1, -0.05) is 31.5 Å². The lowest BCUT2D eigenvalue weighted by atomic mass is 9.71. The van der Waals surface area contributed by atoms with Crippen LogP contribution in [0.5, 0.6) is 0 Å². The molecule has 3 heteroatoms. The fourth-order valence-electron chi connectivity index (χ4n) is 1.92. The lowest BCUT2D eigenvalue weighted by Gasteiger charge is -2.33. The zero-order valence-corrected chi connectivity index (χ0v) is 10.4. The average molecular weight is 224 g/mol. The Balaban J connectivity index is 3.22. The highest BCUT2D eigenvalue weighted by Crippen LogP contribution is 2.38. The molecule has 0 bridgehead atoms. The Kier molecular flexibility index (Phi) is 3.64. The summed E-state index contributed by atoms with van der Waals surface area (Å²) in [6.45, 7) is 5.77. The maximum Gasteiger partial charge on any atom is 0.187 e. The van der Waals surface area contributed by atoms with Crippen LogP contribution in [0, 0.1) is 16.6 Å². The second-order valence-corrected chi connectivity index (χ2v) is 5.01. The summed E-state index contributed by atoms with van der Waals surface area (Å²) >= 11 is 1.43. The number of Topliss-reactive ketones (excluding diaryl/α,β-unsaturated/α-hetero) is 1. The predicted octanol–water partition coefficient (Wildman–Crippen LogP) is 1.99. The lowest BCUT2D eigenvalue weighted by molar-refractivity contribution is -0.125. The van der Waals surface area contributed by atoms with Crippen molar-refractivity contribution in [2.45, 2.75) is 33.3 Å². The molecule has 0 aliphatic heterocycles. The van der Waals surface area contributed by atoms with Crippen molar-refractivity contribution < 1.29 is 9.90 Å². The normalized spacial score (nSPS) is 24.9. The standard InChI is InChI=1S/C12H16O2S/c1-8-9(5-6-15-4)12(2,3)7-10(13)11(8)14/h10,13H,7H2,1-4H3. The minimum absolute atomic E-state index is 0.181. The largest absolute Gasteiger partial charge is 0.385 e. The molecule has 0 saturated carbocycles. The van der Waals surface area contributed by atoms with Crippen molar-refractivity contribution in [1.82, 2.24) is 0 Å². The van der Waals surface area contributed by atoms with Crippen molar-refractivity contribution in [2.24, 2.45) is 5.41 Å². The van der Waals surface area contributed by atoms with E-state index in [1.54, 1.807) is 6.92 Å². The van der Waals surface area contributed by atoms with Crippen molar-refractivity contribution in [1.29, 1.82) is 0 Å². The molecule has 1 N–H and O–H groups in total. The molecule has 0 saturated heterocycles. The van der Waals surface area contributed by atoms with Gasteiger partial charge < -0.3 is 5.11 Å². The predicted molar refractivity (Wildman–Crippen MR) is 63.4 cm³/mol. The smallest absolute Gasteiger partial charge is 0.187 e. The molecule has 0 heterocycles. The van der Waals surface area contributed by atoms with E-state index in [9.17, 15) is 9.90 Å². The van der Waals surface area contributed by atoms with Crippen molar-refractivity contribution in [2.75, 3.05) is 6.26 Å². The molecule has 0 aromatic carbocycles. The van der Waals surface area contributed by atoms with Gasteiger partial charge in [-0.05, 0) is 24.9 Å². The first-order valence-electron chi connectivity index (χ1n) is 4.88. The van der Waals surface area contributed by atoms with E-state index in [1.807, 2.05) is 20.1 Å². The Hall–Kier alpha value is -0.720. The van der Waals surface area contributed by atoms with E-state index in [0.717, 1.165) is 5.57 Å². The zero-order chi connectivity index (χ0) is 11.6. The van der Waals surface area contributed by atoms with Gasteiger partial charge in [-0.3, -0.25) is 4.79 Å². The van der Waals surface area contributed by atoms with Crippen LogP contribution >= 0.6 is 11.8 Å².